The molecule has 3 rings (SSSR count). The maximum absolute atomic E-state index is 12.2. The summed E-state index contributed by atoms with van der Waals surface area (Å²) in [5.74, 6) is 0.820. The first-order valence-electron chi connectivity index (χ1n) is 7.82. The minimum absolute atomic E-state index is 0.0508. The Morgan fingerprint density at radius 2 is 1.80 bits per heavy atom. The molecule has 1 amide bonds. The van der Waals surface area contributed by atoms with E-state index < -0.39 is 0 Å². The molecule has 1 saturated heterocycles. The molecule has 0 spiro atoms. The van der Waals surface area contributed by atoms with E-state index in [1.54, 1.807) is 30.3 Å². The highest BCUT2D eigenvalue weighted by Crippen LogP contribution is 2.19. The molecule has 2 heterocycles. The van der Waals surface area contributed by atoms with E-state index in [0.29, 0.717) is 22.5 Å². The number of hydrogen-bond acceptors (Lipinski definition) is 6. The van der Waals surface area contributed by atoms with Crippen LogP contribution in [0.15, 0.2) is 30.3 Å². The normalized spacial score (nSPS) is 15.2. The van der Waals surface area contributed by atoms with Crippen LogP contribution in [-0.4, -0.2) is 53.5 Å². The lowest BCUT2D eigenvalue weighted by atomic mass is 10.3. The largest absolute Gasteiger partial charge is 0.368 e. The average molecular weight is 381 g/mol. The quantitative estimate of drug-likeness (QED) is 0.789. The van der Waals surface area contributed by atoms with E-state index in [0.717, 1.165) is 31.9 Å². The van der Waals surface area contributed by atoms with E-state index in [1.807, 2.05) is 0 Å². The number of nitrogens with two attached hydrogens (primary N) is 1. The van der Waals surface area contributed by atoms with Gasteiger partial charge in [0.1, 0.15) is 11.0 Å². The van der Waals surface area contributed by atoms with E-state index >= 15 is 0 Å². The Kier molecular flexibility index (Phi) is 5.57. The first kappa shape index (κ1) is 17.7. The molecule has 1 aromatic heterocycles. The molecule has 0 unspecified atom stereocenters. The Bertz CT molecular complexity index is 727. The number of halogens is 2. The second-order valence-electron chi connectivity index (χ2n) is 5.73. The van der Waals surface area contributed by atoms with Crippen molar-refractivity contribution in [1.82, 2.24) is 14.9 Å². The summed E-state index contributed by atoms with van der Waals surface area (Å²) in [5, 5.41) is 3.83. The van der Waals surface area contributed by atoms with Crippen molar-refractivity contribution in [2.45, 2.75) is 0 Å². The minimum atomic E-state index is -0.0508. The lowest BCUT2D eigenvalue weighted by molar-refractivity contribution is -0.117. The van der Waals surface area contributed by atoms with Gasteiger partial charge in [-0.15, -0.1) is 0 Å². The van der Waals surface area contributed by atoms with Crippen LogP contribution in [0.1, 0.15) is 0 Å². The van der Waals surface area contributed by atoms with Gasteiger partial charge in [0.15, 0.2) is 0 Å². The smallest absolute Gasteiger partial charge is 0.238 e. The zero-order chi connectivity index (χ0) is 17.8. The third-order valence-corrected chi connectivity index (χ3v) is 4.34. The molecule has 1 aromatic carbocycles. The molecule has 9 heteroatoms. The summed E-state index contributed by atoms with van der Waals surface area (Å²) in [4.78, 5) is 24.4. The van der Waals surface area contributed by atoms with Gasteiger partial charge in [-0.2, -0.15) is 4.98 Å². The first-order chi connectivity index (χ1) is 12.0. The number of carbonyl (C=O) groups is 1. The minimum Gasteiger partial charge on any atom is -0.368 e. The maximum atomic E-state index is 12.2. The highest BCUT2D eigenvalue weighted by atomic mass is 35.5. The Balaban J connectivity index is 1.50. The molecule has 2 aromatic rings. The third kappa shape index (κ3) is 4.94. The van der Waals surface area contributed by atoms with Gasteiger partial charge in [0.05, 0.1) is 6.54 Å². The van der Waals surface area contributed by atoms with Crippen LogP contribution in [0.5, 0.6) is 0 Å². The number of anilines is 3. The van der Waals surface area contributed by atoms with Crippen LogP contribution in [0, 0.1) is 0 Å². The maximum Gasteiger partial charge on any atom is 0.238 e. The van der Waals surface area contributed by atoms with Crippen molar-refractivity contribution < 1.29 is 4.79 Å². The van der Waals surface area contributed by atoms with E-state index in [4.69, 9.17) is 28.9 Å². The predicted octanol–water partition coefficient (Wildman–Crippen LogP) is 2.13. The van der Waals surface area contributed by atoms with E-state index in [9.17, 15) is 4.79 Å². The number of rotatable bonds is 4. The summed E-state index contributed by atoms with van der Waals surface area (Å²) in [5.41, 5.74) is 6.37. The summed E-state index contributed by atoms with van der Waals surface area (Å²) in [6.07, 6.45) is 0. The summed E-state index contributed by atoms with van der Waals surface area (Å²) in [7, 11) is 0. The number of nitrogen functional groups attached to an aromatic ring is 1. The highest BCUT2D eigenvalue weighted by molar-refractivity contribution is 6.30. The van der Waals surface area contributed by atoms with Gasteiger partial charge >= 0.3 is 0 Å². The van der Waals surface area contributed by atoms with Crippen LogP contribution < -0.4 is 16.0 Å². The number of nitrogens with zero attached hydrogens (tertiary/aromatic N) is 4. The van der Waals surface area contributed by atoms with Crippen molar-refractivity contribution >= 4 is 46.6 Å². The number of nitrogens with one attached hydrogen (secondary N) is 1. The lowest BCUT2D eigenvalue weighted by Crippen LogP contribution is -2.49. The van der Waals surface area contributed by atoms with Gasteiger partial charge in [0, 0.05) is 43.0 Å². The van der Waals surface area contributed by atoms with Crippen LogP contribution in [0.3, 0.4) is 0 Å². The van der Waals surface area contributed by atoms with Gasteiger partial charge in [0.25, 0.3) is 0 Å². The SMILES string of the molecule is Nc1nc(Cl)cc(N2CCN(CC(=O)Nc3ccc(Cl)cc3)CC2)n1. The molecule has 0 radical (unpaired) electrons. The van der Waals surface area contributed by atoms with E-state index in [1.165, 1.54) is 0 Å². The number of amides is 1. The number of hydrogen-bond donors (Lipinski definition) is 2. The number of piperazine rings is 1. The topological polar surface area (TPSA) is 87.4 Å². The van der Waals surface area contributed by atoms with Crippen molar-refractivity contribution in [3.8, 4) is 0 Å². The fourth-order valence-corrected chi connectivity index (χ4v) is 2.97. The lowest BCUT2D eigenvalue weighted by Gasteiger charge is -2.35. The molecular weight excluding hydrogens is 363 g/mol. The molecule has 0 saturated carbocycles. The fourth-order valence-electron chi connectivity index (χ4n) is 2.66. The van der Waals surface area contributed by atoms with E-state index in [2.05, 4.69) is 25.1 Å². The molecule has 25 heavy (non-hydrogen) atoms. The second-order valence-corrected chi connectivity index (χ2v) is 6.55. The van der Waals surface area contributed by atoms with E-state index in [-0.39, 0.29) is 11.9 Å². The van der Waals surface area contributed by atoms with Gasteiger partial charge in [-0.1, -0.05) is 23.2 Å². The van der Waals surface area contributed by atoms with Crippen LogP contribution in [0.4, 0.5) is 17.5 Å². The standard InChI is InChI=1S/C16H18Cl2N6O/c17-11-1-3-12(4-2-11)20-15(25)10-23-5-7-24(8-6-23)14-9-13(18)21-16(19)22-14/h1-4,9H,5-8,10H2,(H,20,25)(H2,19,21,22). The van der Waals surface area contributed by atoms with Crippen molar-refractivity contribution in [3.63, 3.8) is 0 Å². The van der Waals surface area contributed by atoms with Crippen molar-refractivity contribution in [1.29, 1.82) is 0 Å². The Morgan fingerprint density at radius 1 is 1.12 bits per heavy atom. The number of aromatic nitrogens is 2. The third-order valence-electron chi connectivity index (χ3n) is 3.89. The Morgan fingerprint density at radius 3 is 2.44 bits per heavy atom. The van der Waals surface area contributed by atoms with Gasteiger partial charge < -0.3 is 16.0 Å². The Labute approximate surface area is 155 Å². The summed E-state index contributed by atoms with van der Waals surface area (Å²) >= 11 is 11.8. The molecular formula is C16H18Cl2N6O. The zero-order valence-corrected chi connectivity index (χ0v) is 15.0. The molecule has 0 aliphatic carbocycles. The average Bonchev–Trinajstić information content (AvgIpc) is 2.57. The van der Waals surface area contributed by atoms with Gasteiger partial charge in [-0.25, -0.2) is 4.98 Å². The molecule has 1 aliphatic rings. The second kappa shape index (κ2) is 7.86. The van der Waals surface area contributed by atoms with Crippen LogP contribution in [-0.2, 0) is 4.79 Å². The van der Waals surface area contributed by atoms with Crippen molar-refractivity contribution in [2.24, 2.45) is 0 Å². The monoisotopic (exact) mass is 380 g/mol. The zero-order valence-electron chi connectivity index (χ0n) is 13.5. The van der Waals surface area contributed by atoms with Crippen LogP contribution in [0.25, 0.3) is 0 Å². The van der Waals surface area contributed by atoms with Gasteiger partial charge in [-0.3, -0.25) is 9.69 Å². The summed E-state index contributed by atoms with van der Waals surface area (Å²) in [6, 6.07) is 8.74. The van der Waals surface area contributed by atoms with Crippen molar-refractivity contribution in [2.75, 3.05) is 48.7 Å². The molecule has 3 N–H and O–H groups in total. The number of benzene rings is 1. The number of carbonyl (C=O) groups excluding carboxylic acids is 1. The molecule has 0 atom stereocenters. The molecule has 1 aliphatic heterocycles. The van der Waals surface area contributed by atoms with Gasteiger partial charge in [0.2, 0.25) is 11.9 Å². The van der Waals surface area contributed by atoms with Crippen LogP contribution in [0.2, 0.25) is 10.2 Å². The van der Waals surface area contributed by atoms with Crippen molar-refractivity contribution in [3.05, 3.63) is 40.5 Å². The van der Waals surface area contributed by atoms with Gasteiger partial charge in [-0.05, 0) is 24.3 Å². The fraction of sp³-hybridized carbons (Fsp3) is 0.312. The molecule has 1 fully saturated rings. The predicted molar refractivity (Wildman–Crippen MR) is 100 cm³/mol. The highest BCUT2D eigenvalue weighted by Gasteiger charge is 2.20. The Hall–Kier alpha value is -2.09. The summed E-state index contributed by atoms with van der Waals surface area (Å²) < 4.78 is 0. The summed E-state index contributed by atoms with van der Waals surface area (Å²) in [6.45, 7) is 3.30. The first-order valence-corrected chi connectivity index (χ1v) is 8.58. The molecule has 0 bridgehead atoms. The molecule has 132 valence electrons. The van der Waals surface area contributed by atoms with Crippen LogP contribution >= 0.6 is 23.2 Å². The molecule has 7 nitrogen and oxygen atoms in total.